The van der Waals surface area contributed by atoms with Gasteiger partial charge in [-0.1, -0.05) is 12.1 Å². The van der Waals surface area contributed by atoms with Gasteiger partial charge in [0.15, 0.2) is 11.5 Å². The number of benzene rings is 1. The Morgan fingerprint density at radius 3 is 2.77 bits per heavy atom. The van der Waals surface area contributed by atoms with Gasteiger partial charge in [-0.05, 0) is 6.07 Å². The molecule has 1 atom stereocenters. The van der Waals surface area contributed by atoms with E-state index in [0.29, 0.717) is 11.3 Å². The van der Waals surface area contributed by atoms with Gasteiger partial charge in [-0.2, -0.15) is 0 Å². The molecule has 0 bridgehead atoms. The van der Waals surface area contributed by atoms with Crippen LogP contribution in [0.3, 0.4) is 0 Å². The quantitative estimate of drug-likeness (QED) is 0.633. The highest BCUT2D eigenvalue weighted by atomic mass is 16.5. The molecule has 0 saturated heterocycles. The van der Waals surface area contributed by atoms with Crippen molar-refractivity contribution < 1.29 is 14.9 Å². The summed E-state index contributed by atoms with van der Waals surface area (Å²) in [6, 6.07) is 4.91. The minimum atomic E-state index is -0.852. The van der Waals surface area contributed by atoms with E-state index in [9.17, 15) is 10.2 Å². The molecule has 72 valence electrons. The van der Waals surface area contributed by atoms with E-state index in [2.05, 4.69) is 0 Å². The molecule has 0 aromatic heterocycles. The number of para-hydroxylation sites is 1. The summed E-state index contributed by atoms with van der Waals surface area (Å²) in [5, 5.41) is 18.9. The van der Waals surface area contributed by atoms with E-state index in [1.54, 1.807) is 18.2 Å². The predicted octanol–water partition coefficient (Wildman–Crippen LogP) is 0.393. The molecule has 0 aliphatic rings. The number of aliphatic hydroxyl groups excluding tert-OH is 1. The Hall–Kier alpha value is -1.26. The Morgan fingerprint density at radius 1 is 1.54 bits per heavy atom. The van der Waals surface area contributed by atoms with Crippen molar-refractivity contribution in [2.75, 3.05) is 13.7 Å². The number of phenolic OH excluding ortho intramolecular Hbond substituents is 1. The fraction of sp³-hybridized carbons (Fsp3) is 0.333. The number of hydrogen-bond donors (Lipinski definition) is 3. The predicted molar refractivity (Wildman–Crippen MR) is 48.7 cm³/mol. The Morgan fingerprint density at radius 2 is 2.23 bits per heavy atom. The normalized spacial score (nSPS) is 12.5. The Labute approximate surface area is 76.6 Å². The number of nitrogens with two attached hydrogens (primary N) is 1. The molecule has 0 amide bonds. The van der Waals surface area contributed by atoms with E-state index in [1.807, 2.05) is 0 Å². The molecule has 1 rings (SSSR count). The van der Waals surface area contributed by atoms with Crippen molar-refractivity contribution in [1.82, 2.24) is 0 Å². The molecule has 0 saturated carbocycles. The number of aliphatic hydroxyl groups is 1. The van der Waals surface area contributed by atoms with Crippen LogP contribution in [-0.2, 0) is 0 Å². The van der Waals surface area contributed by atoms with Crippen LogP contribution in [0.2, 0.25) is 0 Å². The topological polar surface area (TPSA) is 75.7 Å². The highest BCUT2D eigenvalue weighted by molar-refractivity contribution is 5.46. The molecule has 0 fully saturated rings. The van der Waals surface area contributed by atoms with Crippen LogP contribution < -0.4 is 10.5 Å². The zero-order valence-corrected chi connectivity index (χ0v) is 7.40. The fourth-order valence-corrected chi connectivity index (χ4v) is 1.10. The number of rotatable bonds is 3. The van der Waals surface area contributed by atoms with Crippen LogP contribution in [0.15, 0.2) is 18.2 Å². The van der Waals surface area contributed by atoms with E-state index in [-0.39, 0.29) is 12.3 Å². The van der Waals surface area contributed by atoms with Crippen LogP contribution in [0, 0.1) is 0 Å². The van der Waals surface area contributed by atoms with Crippen LogP contribution in [0.25, 0.3) is 0 Å². The van der Waals surface area contributed by atoms with Gasteiger partial charge in [0.2, 0.25) is 0 Å². The van der Waals surface area contributed by atoms with E-state index in [1.165, 1.54) is 7.11 Å². The van der Waals surface area contributed by atoms with Crippen molar-refractivity contribution in [3.63, 3.8) is 0 Å². The standard InChI is InChI=1S/C9H13NO3/c1-13-8-4-2-3-6(9(8)12)7(11)5-10/h2-4,7,11-12H,5,10H2,1H3/t7-/m0/s1. The lowest BCUT2D eigenvalue weighted by Crippen LogP contribution is -2.11. The smallest absolute Gasteiger partial charge is 0.163 e. The Kier molecular flexibility index (Phi) is 3.11. The molecule has 0 unspecified atom stereocenters. The molecule has 4 heteroatoms. The highest BCUT2D eigenvalue weighted by Gasteiger charge is 2.13. The minimum absolute atomic E-state index is 0.0528. The molecular weight excluding hydrogens is 170 g/mol. The molecule has 0 spiro atoms. The zero-order chi connectivity index (χ0) is 9.84. The number of aromatic hydroxyl groups is 1. The van der Waals surface area contributed by atoms with Gasteiger partial charge in [0.25, 0.3) is 0 Å². The summed E-state index contributed by atoms with van der Waals surface area (Å²) in [7, 11) is 1.45. The van der Waals surface area contributed by atoms with Gasteiger partial charge in [0.05, 0.1) is 13.2 Å². The second-order valence-electron chi connectivity index (χ2n) is 2.65. The molecule has 0 radical (unpaired) electrons. The first kappa shape index (κ1) is 9.83. The molecular formula is C9H13NO3. The Balaban J connectivity index is 3.08. The second-order valence-corrected chi connectivity index (χ2v) is 2.65. The van der Waals surface area contributed by atoms with Crippen molar-refractivity contribution in [2.45, 2.75) is 6.10 Å². The van der Waals surface area contributed by atoms with Gasteiger partial charge in [0, 0.05) is 12.1 Å². The van der Waals surface area contributed by atoms with Gasteiger partial charge in [-0.25, -0.2) is 0 Å². The summed E-state index contributed by atoms with van der Waals surface area (Å²) in [6.45, 7) is 0.0702. The monoisotopic (exact) mass is 183 g/mol. The second kappa shape index (κ2) is 4.11. The number of methoxy groups -OCH3 is 1. The molecule has 0 aliphatic heterocycles. The van der Waals surface area contributed by atoms with Crippen molar-refractivity contribution in [3.05, 3.63) is 23.8 Å². The maximum absolute atomic E-state index is 9.55. The first-order valence-electron chi connectivity index (χ1n) is 3.94. The van der Waals surface area contributed by atoms with Gasteiger partial charge >= 0.3 is 0 Å². The van der Waals surface area contributed by atoms with Gasteiger partial charge in [-0.15, -0.1) is 0 Å². The molecule has 13 heavy (non-hydrogen) atoms. The number of ether oxygens (including phenoxy) is 1. The maximum atomic E-state index is 9.55. The van der Waals surface area contributed by atoms with E-state index in [0.717, 1.165) is 0 Å². The highest BCUT2D eigenvalue weighted by Crippen LogP contribution is 2.32. The molecule has 0 heterocycles. The summed E-state index contributed by atoms with van der Waals surface area (Å²) in [5.74, 6) is 0.285. The van der Waals surface area contributed by atoms with E-state index in [4.69, 9.17) is 10.5 Å². The van der Waals surface area contributed by atoms with Gasteiger partial charge < -0.3 is 20.7 Å². The summed E-state index contributed by atoms with van der Waals surface area (Å²) < 4.78 is 4.88. The first-order chi connectivity index (χ1) is 6.20. The number of hydrogen-bond acceptors (Lipinski definition) is 4. The lowest BCUT2D eigenvalue weighted by molar-refractivity contribution is 0.181. The SMILES string of the molecule is COc1cccc([C@@H](O)CN)c1O. The van der Waals surface area contributed by atoms with Crippen molar-refractivity contribution in [1.29, 1.82) is 0 Å². The molecule has 1 aromatic rings. The summed E-state index contributed by atoms with van der Waals surface area (Å²) in [6.07, 6.45) is -0.852. The third-order valence-electron chi connectivity index (χ3n) is 1.83. The molecule has 4 N–H and O–H groups in total. The minimum Gasteiger partial charge on any atom is -0.504 e. The Bertz CT molecular complexity index is 288. The van der Waals surface area contributed by atoms with E-state index < -0.39 is 6.10 Å². The lowest BCUT2D eigenvalue weighted by Gasteiger charge is -2.12. The van der Waals surface area contributed by atoms with Crippen LogP contribution in [-0.4, -0.2) is 23.9 Å². The van der Waals surface area contributed by atoms with Crippen LogP contribution >= 0.6 is 0 Å². The molecule has 0 aliphatic carbocycles. The summed E-state index contributed by atoms with van der Waals surface area (Å²) in [5.41, 5.74) is 5.65. The van der Waals surface area contributed by atoms with Crippen molar-refractivity contribution >= 4 is 0 Å². The summed E-state index contributed by atoms with van der Waals surface area (Å²) in [4.78, 5) is 0. The van der Waals surface area contributed by atoms with Crippen molar-refractivity contribution in [2.24, 2.45) is 5.73 Å². The van der Waals surface area contributed by atoms with Crippen molar-refractivity contribution in [3.8, 4) is 11.5 Å². The van der Waals surface area contributed by atoms with Gasteiger partial charge in [-0.3, -0.25) is 0 Å². The third-order valence-corrected chi connectivity index (χ3v) is 1.83. The van der Waals surface area contributed by atoms with Gasteiger partial charge in [0.1, 0.15) is 0 Å². The zero-order valence-electron chi connectivity index (χ0n) is 7.40. The number of phenols is 1. The molecule has 4 nitrogen and oxygen atoms in total. The van der Waals surface area contributed by atoms with E-state index >= 15 is 0 Å². The van der Waals surface area contributed by atoms with Crippen LogP contribution in [0.5, 0.6) is 11.5 Å². The summed E-state index contributed by atoms with van der Waals surface area (Å²) >= 11 is 0. The first-order valence-corrected chi connectivity index (χ1v) is 3.94. The largest absolute Gasteiger partial charge is 0.504 e. The van der Waals surface area contributed by atoms with Crippen LogP contribution in [0.4, 0.5) is 0 Å². The average Bonchev–Trinajstić information content (AvgIpc) is 2.17. The lowest BCUT2D eigenvalue weighted by atomic mass is 10.1. The average molecular weight is 183 g/mol. The fourth-order valence-electron chi connectivity index (χ4n) is 1.10. The van der Waals surface area contributed by atoms with Crippen LogP contribution in [0.1, 0.15) is 11.7 Å². The molecule has 1 aromatic carbocycles. The maximum Gasteiger partial charge on any atom is 0.163 e. The third kappa shape index (κ3) is 1.91.